The molecule has 0 spiro atoms. The van der Waals surface area contributed by atoms with E-state index in [1.807, 2.05) is 36.8 Å². The Hall–Kier alpha value is -2.82. The normalized spacial score (nSPS) is 17.4. The van der Waals surface area contributed by atoms with Crippen LogP contribution in [0.5, 0.6) is 0 Å². The first-order valence-electron chi connectivity index (χ1n) is 8.80. The summed E-state index contributed by atoms with van der Waals surface area (Å²) in [4.78, 5) is 20.2. The van der Waals surface area contributed by atoms with Gasteiger partial charge in [0, 0.05) is 37.2 Å². The van der Waals surface area contributed by atoms with Crippen LogP contribution in [-0.2, 0) is 0 Å². The fourth-order valence-corrected chi connectivity index (χ4v) is 3.40. The molecule has 124 valence electrons. The summed E-state index contributed by atoms with van der Waals surface area (Å²) in [5, 5.41) is 0. The van der Waals surface area contributed by atoms with Crippen molar-refractivity contribution in [2.75, 3.05) is 18.0 Å². The summed E-state index contributed by atoms with van der Waals surface area (Å²) in [6.45, 7) is 1.80. The largest absolute Gasteiger partial charge is 0.354 e. The second-order valence-corrected chi connectivity index (χ2v) is 6.88. The molecule has 0 atom stereocenters. The first-order chi connectivity index (χ1) is 12.4. The quantitative estimate of drug-likeness (QED) is 0.734. The number of anilines is 1. The van der Waals surface area contributed by atoms with Gasteiger partial charge in [0.05, 0.1) is 5.92 Å². The summed E-state index contributed by atoms with van der Waals surface area (Å²) < 4.78 is 0. The fraction of sp³-hybridized carbons (Fsp3) is 0.300. The van der Waals surface area contributed by atoms with E-state index in [0.717, 1.165) is 35.9 Å². The third-order valence-electron chi connectivity index (χ3n) is 5.06. The first-order valence-corrected chi connectivity index (χ1v) is 8.80. The molecule has 1 aliphatic carbocycles. The highest BCUT2D eigenvalue weighted by Gasteiger charge is 2.33. The molecule has 25 heavy (non-hydrogen) atoms. The second kappa shape index (κ2) is 5.92. The van der Waals surface area contributed by atoms with E-state index in [0.29, 0.717) is 11.8 Å². The van der Waals surface area contributed by atoms with Crippen molar-refractivity contribution in [3.8, 4) is 11.1 Å². The van der Waals surface area contributed by atoms with Crippen LogP contribution in [0.25, 0.3) is 11.1 Å². The molecule has 0 radical (unpaired) electrons. The Morgan fingerprint density at radius 2 is 1.60 bits per heavy atom. The van der Waals surface area contributed by atoms with E-state index in [1.165, 1.54) is 18.4 Å². The summed E-state index contributed by atoms with van der Waals surface area (Å²) in [5.41, 5.74) is 3.51. The highest BCUT2D eigenvalue weighted by atomic mass is 15.3. The van der Waals surface area contributed by atoms with Crippen LogP contribution in [0.3, 0.4) is 0 Å². The van der Waals surface area contributed by atoms with Gasteiger partial charge in [-0.2, -0.15) is 0 Å². The Kier molecular flexibility index (Phi) is 3.44. The minimum Gasteiger partial charge on any atom is -0.354 e. The molecule has 3 aromatic rings. The zero-order chi connectivity index (χ0) is 16.6. The molecule has 1 saturated heterocycles. The van der Waals surface area contributed by atoms with Gasteiger partial charge in [-0.15, -0.1) is 0 Å². The van der Waals surface area contributed by atoms with Gasteiger partial charge in [0.15, 0.2) is 0 Å². The van der Waals surface area contributed by atoms with E-state index < -0.39 is 0 Å². The average molecular weight is 329 g/mol. The molecular weight excluding hydrogens is 310 g/mol. The summed E-state index contributed by atoms with van der Waals surface area (Å²) in [5.74, 6) is 3.04. The van der Waals surface area contributed by atoms with Crippen molar-refractivity contribution < 1.29 is 0 Å². The number of rotatable bonds is 4. The lowest BCUT2D eigenvalue weighted by Crippen LogP contribution is -2.46. The first kappa shape index (κ1) is 14.5. The van der Waals surface area contributed by atoms with Gasteiger partial charge in [-0.05, 0) is 29.9 Å². The standard InChI is InChI=1S/C20H19N5/c1-2-4-15(5-3-1)18-10-21-13-24-20(18)25-11-17(12-25)19-22-8-16(9-23-19)14-6-7-14/h1-5,8-10,13-14,17H,6-7,11-12H2. The lowest BCUT2D eigenvalue weighted by molar-refractivity contribution is 0.495. The lowest BCUT2D eigenvalue weighted by atomic mass is 9.97. The summed E-state index contributed by atoms with van der Waals surface area (Å²) in [6, 6.07) is 10.3. The summed E-state index contributed by atoms with van der Waals surface area (Å²) in [7, 11) is 0. The molecule has 1 aliphatic heterocycles. The molecule has 2 aromatic heterocycles. The third kappa shape index (κ3) is 2.76. The van der Waals surface area contributed by atoms with E-state index in [-0.39, 0.29) is 0 Å². The van der Waals surface area contributed by atoms with E-state index in [1.54, 1.807) is 6.33 Å². The van der Waals surface area contributed by atoms with Crippen molar-refractivity contribution in [2.24, 2.45) is 0 Å². The van der Waals surface area contributed by atoms with Crippen LogP contribution in [-0.4, -0.2) is 33.0 Å². The molecule has 5 rings (SSSR count). The van der Waals surface area contributed by atoms with Gasteiger partial charge in [0.25, 0.3) is 0 Å². The monoisotopic (exact) mass is 329 g/mol. The Bertz CT molecular complexity index is 868. The second-order valence-electron chi connectivity index (χ2n) is 6.88. The number of nitrogens with zero attached hydrogens (tertiary/aromatic N) is 5. The van der Waals surface area contributed by atoms with Crippen molar-refractivity contribution in [1.29, 1.82) is 0 Å². The number of hydrogen-bond acceptors (Lipinski definition) is 5. The maximum atomic E-state index is 4.60. The van der Waals surface area contributed by atoms with E-state index in [4.69, 9.17) is 0 Å². The molecule has 5 heteroatoms. The van der Waals surface area contributed by atoms with Crippen LogP contribution in [0.4, 0.5) is 5.82 Å². The van der Waals surface area contributed by atoms with Crippen molar-refractivity contribution in [3.63, 3.8) is 0 Å². The molecule has 0 bridgehead atoms. The van der Waals surface area contributed by atoms with Crippen molar-refractivity contribution >= 4 is 5.82 Å². The lowest BCUT2D eigenvalue weighted by Gasteiger charge is -2.40. The SMILES string of the molecule is c1ccc(-c2cncnc2N2CC(c3ncc(C4CC4)cn3)C2)cc1. The zero-order valence-corrected chi connectivity index (χ0v) is 13.9. The zero-order valence-electron chi connectivity index (χ0n) is 13.9. The molecule has 2 aliphatic rings. The van der Waals surface area contributed by atoms with E-state index in [9.17, 15) is 0 Å². The highest BCUT2D eigenvalue weighted by molar-refractivity contribution is 5.75. The maximum Gasteiger partial charge on any atom is 0.139 e. The van der Waals surface area contributed by atoms with Crippen LogP contribution < -0.4 is 4.90 Å². The summed E-state index contributed by atoms with van der Waals surface area (Å²) >= 11 is 0. The van der Waals surface area contributed by atoms with Gasteiger partial charge in [0.1, 0.15) is 18.0 Å². The van der Waals surface area contributed by atoms with Crippen molar-refractivity contribution in [2.45, 2.75) is 24.7 Å². The maximum absolute atomic E-state index is 4.60. The van der Waals surface area contributed by atoms with E-state index >= 15 is 0 Å². The van der Waals surface area contributed by atoms with Crippen LogP contribution in [0.1, 0.15) is 36.1 Å². The Balaban J connectivity index is 1.34. The average Bonchev–Trinajstić information content (AvgIpc) is 3.48. The van der Waals surface area contributed by atoms with E-state index in [2.05, 4.69) is 37.0 Å². The van der Waals surface area contributed by atoms with Crippen molar-refractivity contribution in [3.05, 3.63) is 66.6 Å². The number of hydrogen-bond donors (Lipinski definition) is 0. The van der Waals surface area contributed by atoms with Crippen LogP contribution >= 0.6 is 0 Å². The number of benzene rings is 1. The molecule has 2 fully saturated rings. The minimum absolute atomic E-state index is 0.381. The number of aromatic nitrogens is 4. The van der Waals surface area contributed by atoms with Gasteiger partial charge < -0.3 is 4.90 Å². The topological polar surface area (TPSA) is 54.8 Å². The van der Waals surface area contributed by atoms with Gasteiger partial charge in [-0.25, -0.2) is 19.9 Å². The molecule has 0 amide bonds. The fourth-order valence-electron chi connectivity index (χ4n) is 3.40. The molecule has 3 heterocycles. The predicted octanol–water partition coefficient (Wildman–Crippen LogP) is 3.41. The molecule has 0 N–H and O–H groups in total. The summed E-state index contributed by atoms with van der Waals surface area (Å²) in [6.07, 6.45) is 10.1. The molecule has 1 saturated carbocycles. The molecular formula is C20H19N5. The van der Waals surface area contributed by atoms with Gasteiger partial charge in [-0.1, -0.05) is 30.3 Å². The Morgan fingerprint density at radius 1 is 0.840 bits per heavy atom. The third-order valence-corrected chi connectivity index (χ3v) is 5.06. The van der Waals surface area contributed by atoms with Gasteiger partial charge >= 0.3 is 0 Å². The molecule has 0 unspecified atom stereocenters. The minimum atomic E-state index is 0.381. The smallest absolute Gasteiger partial charge is 0.139 e. The van der Waals surface area contributed by atoms with Crippen LogP contribution in [0, 0.1) is 0 Å². The predicted molar refractivity (Wildman–Crippen MR) is 96.4 cm³/mol. The Morgan fingerprint density at radius 3 is 2.32 bits per heavy atom. The molecule has 1 aromatic carbocycles. The highest BCUT2D eigenvalue weighted by Crippen LogP contribution is 2.40. The van der Waals surface area contributed by atoms with Crippen LogP contribution in [0.15, 0.2) is 55.2 Å². The van der Waals surface area contributed by atoms with Crippen LogP contribution in [0.2, 0.25) is 0 Å². The van der Waals surface area contributed by atoms with Gasteiger partial charge in [-0.3, -0.25) is 0 Å². The Labute approximate surface area is 146 Å². The van der Waals surface area contributed by atoms with Crippen molar-refractivity contribution in [1.82, 2.24) is 19.9 Å². The van der Waals surface area contributed by atoms with Gasteiger partial charge in [0.2, 0.25) is 0 Å². The molecule has 5 nitrogen and oxygen atoms in total.